The third-order valence-corrected chi connectivity index (χ3v) is 0. The molecular weight excluding hydrogens is 464 g/mol. The maximum absolute atomic E-state index is 4.72. The molecule has 0 bridgehead atoms. The van der Waals surface area contributed by atoms with E-state index < -0.39 is 0 Å². The Morgan fingerprint density at radius 3 is 0.800 bits per heavy atom. The first-order chi connectivity index (χ1) is 2.83. The van der Waals surface area contributed by atoms with E-state index in [1.165, 1.54) is 12.2 Å². The zero-order valence-corrected chi connectivity index (χ0v) is 11.0. The zero-order valence-electron chi connectivity index (χ0n) is 5.13. The van der Waals surface area contributed by atoms with Gasteiger partial charge >= 0.3 is 0 Å². The number of allylic oxidation sites excluding steroid dienone is 2. The van der Waals surface area contributed by atoms with Gasteiger partial charge in [0, 0.05) is 42.1 Å². The fraction of sp³-hybridized carbons (Fsp3) is 0.500. The number of hydrogen-bond donors (Lipinski definition) is 0. The van der Waals surface area contributed by atoms with Gasteiger partial charge in [-0.3, -0.25) is 12.2 Å². The fourth-order valence-corrected chi connectivity index (χ4v) is 0. The van der Waals surface area contributed by atoms with Crippen molar-refractivity contribution in [2.45, 2.75) is 28.7 Å². The van der Waals surface area contributed by atoms with E-state index in [1.807, 2.05) is 0 Å². The van der Waals surface area contributed by atoms with Gasteiger partial charge in [-0.1, -0.05) is 28.7 Å². The minimum absolute atomic E-state index is 0. The van der Waals surface area contributed by atoms with E-state index in [1.54, 1.807) is 13.8 Å². The van der Waals surface area contributed by atoms with Gasteiger partial charge in [-0.15, -0.1) is 0 Å². The summed E-state index contributed by atoms with van der Waals surface area (Å²) < 4.78 is 0. The third-order valence-electron chi connectivity index (χ3n) is 0. The summed E-state index contributed by atoms with van der Waals surface area (Å²) in [4.78, 5) is 0. The Kier molecular flexibility index (Phi) is 424. The van der Waals surface area contributed by atoms with E-state index in [0.29, 0.717) is 0 Å². The molecule has 0 fully saturated rings. The maximum Gasteiger partial charge on any atom is 0 e. The van der Waals surface area contributed by atoms with Crippen LogP contribution in [0.25, 0.3) is 0 Å². The standard InChI is InChI=1S/2C3H5.2CH4.2W/c2*1-3-2;;;;/h2*1,3H,2H3;2*1H4;;/q2*-1;;;;. The van der Waals surface area contributed by atoms with Crippen LogP contribution >= 0.6 is 0 Å². The van der Waals surface area contributed by atoms with Gasteiger partial charge in [0.15, 0.2) is 0 Å². The molecule has 0 aromatic carbocycles. The Morgan fingerprint density at radius 2 is 0.800 bits per heavy atom. The molecule has 0 atom stereocenters. The van der Waals surface area contributed by atoms with Crippen molar-refractivity contribution in [1.29, 1.82) is 0 Å². The molecule has 0 rings (SSSR count). The van der Waals surface area contributed by atoms with Crippen molar-refractivity contribution in [2.24, 2.45) is 0 Å². The first-order valence-electron chi connectivity index (χ1n) is 1.82. The molecule has 0 saturated carbocycles. The van der Waals surface area contributed by atoms with Crippen LogP contribution in [0.2, 0.25) is 0 Å². The first-order valence-corrected chi connectivity index (χ1v) is 1.82. The van der Waals surface area contributed by atoms with Crippen LogP contribution in [0, 0.1) is 13.2 Å². The summed E-state index contributed by atoms with van der Waals surface area (Å²) in [6, 6.07) is 0. The molecule has 0 aliphatic rings. The molecule has 0 aromatic heterocycles. The van der Waals surface area contributed by atoms with Crippen molar-refractivity contribution in [1.82, 2.24) is 0 Å². The van der Waals surface area contributed by atoms with Crippen LogP contribution in [0.15, 0.2) is 12.2 Å². The molecule has 0 heterocycles. The molecule has 0 amide bonds. The molecule has 10 heavy (non-hydrogen) atoms. The van der Waals surface area contributed by atoms with Crippen LogP contribution in [0.4, 0.5) is 0 Å². The summed E-state index contributed by atoms with van der Waals surface area (Å²) in [5, 5.41) is 0. The van der Waals surface area contributed by atoms with E-state index in [4.69, 9.17) is 13.2 Å². The maximum atomic E-state index is 4.72. The van der Waals surface area contributed by atoms with Crippen LogP contribution < -0.4 is 0 Å². The predicted molar refractivity (Wildman–Crippen MR) is 42.6 cm³/mol. The van der Waals surface area contributed by atoms with Crippen molar-refractivity contribution in [3.05, 3.63) is 25.3 Å². The van der Waals surface area contributed by atoms with Crippen LogP contribution in [-0.4, -0.2) is 0 Å². The van der Waals surface area contributed by atoms with Crippen molar-refractivity contribution >= 4 is 0 Å². The average Bonchev–Trinajstić information content (AvgIpc) is 1.39. The Balaban J connectivity index is -0.00000000571. The third kappa shape index (κ3) is 745. The van der Waals surface area contributed by atoms with E-state index in [-0.39, 0.29) is 57.0 Å². The van der Waals surface area contributed by atoms with E-state index in [0.717, 1.165) is 0 Å². The van der Waals surface area contributed by atoms with Crippen molar-refractivity contribution in [3.63, 3.8) is 0 Å². The topological polar surface area (TPSA) is 0 Å². The van der Waals surface area contributed by atoms with Crippen LogP contribution in [0.3, 0.4) is 0 Å². The van der Waals surface area contributed by atoms with Gasteiger partial charge in [-0.25, -0.2) is 0 Å². The minimum atomic E-state index is 0. The van der Waals surface area contributed by atoms with Gasteiger partial charge in [-0.05, 0) is 0 Å². The quantitative estimate of drug-likeness (QED) is 0.466. The molecule has 0 saturated heterocycles. The summed E-state index contributed by atoms with van der Waals surface area (Å²) in [5.74, 6) is 0. The molecule has 64 valence electrons. The van der Waals surface area contributed by atoms with E-state index >= 15 is 0 Å². The smallest absolute Gasteiger partial charge is 0 e. The molecule has 0 spiro atoms. The minimum Gasteiger partial charge on any atom is -0.518 e. The Hall–Kier alpha value is 0.857. The van der Waals surface area contributed by atoms with Gasteiger partial charge in [0.1, 0.15) is 0 Å². The number of hydrogen-bond acceptors (Lipinski definition) is 0. The molecule has 0 unspecified atom stereocenters. The first kappa shape index (κ1) is 44.7. The second-order valence-electron chi connectivity index (χ2n) is 0.667. The van der Waals surface area contributed by atoms with Gasteiger partial charge in [0.05, 0.1) is 0 Å². The van der Waals surface area contributed by atoms with Crippen molar-refractivity contribution in [3.8, 4) is 0 Å². The summed E-state index contributed by atoms with van der Waals surface area (Å²) in [6.45, 7) is 13.0. The molecule has 0 aliphatic carbocycles. The molecule has 0 aromatic rings. The SMILES string of the molecule is C.C.[CH-]=CC.[CH-]=CC.[W].[W]. The second kappa shape index (κ2) is 94.7. The van der Waals surface area contributed by atoms with Crippen molar-refractivity contribution in [2.75, 3.05) is 0 Å². The largest absolute Gasteiger partial charge is 0.518 e. The zero-order chi connectivity index (χ0) is 5.41. The molecule has 0 nitrogen and oxygen atoms in total. The monoisotopic (exact) mass is 482 g/mol. The average molecular weight is 482 g/mol. The van der Waals surface area contributed by atoms with E-state index in [2.05, 4.69) is 0 Å². The second-order valence-corrected chi connectivity index (χ2v) is 0.667. The summed E-state index contributed by atoms with van der Waals surface area (Å²) in [7, 11) is 0. The summed E-state index contributed by atoms with van der Waals surface area (Å²) in [6.07, 6.45) is 3.00. The predicted octanol–water partition coefficient (Wildman–Crippen LogP) is 3.26. The van der Waals surface area contributed by atoms with Gasteiger partial charge in [0.25, 0.3) is 0 Å². The molecule has 0 N–H and O–H groups in total. The fourth-order valence-electron chi connectivity index (χ4n) is 0. The Morgan fingerprint density at radius 1 is 0.800 bits per heavy atom. The molecular formula is C8H18W2-2. The molecule has 2 heteroatoms. The van der Waals surface area contributed by atoms with Crippen LogP contribution in [0.1, 0.15) is 28.7 Å². The van der Waals surface area contributed by atoms with Gasteiger partial charge < -0.3 is 13.2 Å². The van der Waals surface area contributed by atoms with Crippen molar-refractivity contribution < 1.29 is 42.1 Å². The number of rotatable bonds is 0. The van der Waals surface area contributed by atoms with Crippen LogP contribution in [-0.2, 0) is 42.1 Å². The van der Waals surface area contributed by atoms with Gasteiger partial charge in [-0.2, -0.15) is 0 Å². The van der Waals surface area contributed by atoms with E-state index in [9.17, 15) is 0 Å². The van der Waals surface area contributed by atoms with Crippen LogP contribution in [0.5, 0.6) is 0 Å². The normalized spacial score (nSPS) is 2.60. The summed E-state index contributed by atoms with van der Waals surface area (Å²) >= 11 is 0. The Labute approximate surface area is 95.7 Å². The molecule has 0 radical (unpaired) electrons. The summed E-state index contributed by atoms with van der Waals surface area (Å²) in [5.41, 5.74) is 0. The van der Waals surface area contributed by atoms with Gasteiger partial charge in [0.2, 0.25) is 0 Å². The Bertz CT molecular complexity index is 28.2. The molecule has 0 aliphatic heterocycles.